The van der Waals surface area contributed by atoms with Gasteiger partial charge in [-0.15, -0.1) is 0 Å². The molecular weight excluding hydrogens is 669 g/mol. The first-order valence-electron chi connectivity index (χ1n) is 18.6. The number of hydrogen-bond acceptors (Lipinski definition) is 4. The van der Waals surface area contributed by atoms with E-state index in [2.05, 4.69) is 157 Å². The second kappa shape index (κ2) is 15.1. The van der Waals surface area contributed by atoms with E-state index in [1.165, 1.54) is 0 Å². The van der Waals surface area contributed by atoms with Gasteiger partial charge in [0.25, 0.3) is 0 Å². The van der Waals surface area contributed by atoms with Crippen molar-refractivity contribution in [3.8, 4) is 45.0 Å². The van der Waals surface area contributed by atoms with E-state index < -0.39 is 6.04 Å². The molecule has 262 valence electrons. The van der Waals surface area contributed by atoms with Gasteiger partial charge in [-0.25, -0.2) is 9.97 Å². The molecule has 1 aliphatic heterocycles. The van der Waals surface area contributed by atoms with Crippen LogP contribution in [0.1, 0.15) is 33.9 Å². The van der Waals surface area contributed by atoms with Crippen molar-refractivity contribution in [3.63, 3.8) is 0 Å². The Morgan fingerprint density at radius 1 is 0.455 bits per heavy atom. The van der Waals surface area contributed by atoms with E-state index in [9.17, 15) is 0 Å². The number of nitrogens with zero attached hydrogens (tertiary/aromatic N) is 2. The summed E-state index contributed by atoms with van der Waals surface area (Å²) in [7, 11) is 0. The van der Waals surface area contributed by atoms with Gasteiger partial charge in [-0.1, -0.05) is 188 Å². The minimum atomic E-state index is -0.398. The summed E-state index contributed by atoms with van der Waals surface area (Å²) in [5, 5.41) is 3.88. The minimum absolute atomic E-state index is 0.398. The van der Waals surface area contributed by atoms with Crippen molar-refractivity contribution in [1.82, 2.24) is 15.3 Å². The summed E-state index contributed by atoms with van der Waals surface area (Å²) in [4.78, 5) is 10.5. The Bertz CT molecular complexity index is 2650. The van der Waals surface area contributed by atoms with Crippen LogP contribution in [0.15, 0.2) is 200 Å². The maximum Gasteiger partial charge on any atom is 0.160 e. The molecule has 2 heterocycles. The normalized spacial score (nSPS) is 13.6. The molecule has 0 aliphatic carbocycles. The topological polar surface area (TPSA) is 63.8 Å². The molecule has 0 radical (unpaired) electrons. The average molecular weight is 707 g/mol. The van der Waals surface area contributed by atoms with Gasteiger partial charge < -0.3 is 11.1 Å². The first kappa shape index (κ1) is 33.7. The highest BCUT2D eigenvalue weighted by molar-refractivity contribution is 6.05. The first-order chi connectivity index (χ1) is 27.2. The number of rotatable bonds is 8. The maximum absolute atomic E-state index is 7.28. The van der Waals surface area contributed by atoms with Gasteiger partial charge in [-0.2, -0.15) is 0 Å². The molecule has 4 heteroatoms. The molecule has 8 aromatic rings. The maximum atomic E-state index is 7.28. The van der Waals surface area contributed by atoms with Crippen molar-refractivity contribution < 1.29 is 0 Å². The van der Waals surface area contributed by atoms with Crippen LogP contribution in [0.5, 0.6) is 0 Å². The fourth-order valence-electron chi connectivity index (χ4n) is 7.39. The minimum Gasteiger partial charge on any atom is -0.354 e. The van der Waals surface area contributed by atoms with Crippen LogP contribution in [0.2, 0.25) is 0 Å². The average Bonchev–Trinajstić information content (AvgIpc) is 3.27. The number of hydrogen-bond donors (Lipinski definition) is 2. The van der Waals surface area contributed by atoms with Crippen molar-refractivity contribution >= 4 is 23.0 Å². The number of nitrogens with two attached hydrogens (primary N) is 1. The number of nitrogens with one attached hydrogen (secondary N) is 1. The van der Waals surface area contributed by atoms with E-state index in [1.54, 1.807) is 0 Å². The summed E-state index contributed by atoms with van der Waals surface area (Å²) < 4.78 is 0. The summed E-state index contributed by atoms with van der Waals surface area (Å²) in [6, 6.07) is 68.7. The number of fused-ring (bicyclic) bond motifs is 1. The zero-order valence-electron chi connectivity index (χ0n) is 30.2. The van der Waals surface area contributed by atoms with Gasteiger partial charge in [0, 0.05) is 33.5 Å². The Kier molecular flexibility index (Phi) is 9.23. The Hall–Kier alpha value is -7.14. The largest absolute Gasteiger partial charge is 0.354 e. The standard InChI is InChI=1S/C51H38N4/c52-49(38-24-12-4-13-25-38)48(37-22-10-3-11-23-37)50-43-31-17-30-42(44(43)33-45(53-50)36-20-8-2-9-21-36)47-34-46(54-51(55-47)39-26-14-5-15-27-39)41-29-16-28-40(32-41)35-18-6-1-7-19-35/h1-34,49,53H,52H2/b50-48-. The second-order valence-corrected chi connectivity index (χ2v) is 13.6. The molecule has 0 fully saturated rings. The summed E-state index contributed by atoms with van der Waals surface area (Å²) in [5.41, 5.74) is 22.5. The van der Waals surface area contributed by atoms with Crippen LogP contribution in [0.4, 0.5) is 0 Å². The third-order valence-electron chi connectivity index (χ3n) is 10.1. The predicted octanol–water partition coefficient (Wildman–Crippen LogP) is 11.8. The van der Waals surface area contributed by atoms with Gasteiger partial charge in [0.15, 0.2) is 5.82 Å². The summed E-state index contributed by atoms with van der Waals surface area (Å²) in [6.07, 6.45) is 2.25. The quantitative estimate of drug-likeness (QED) is 0.165. The van der Waals surface area contributed by atoms with E-state index in [0.717, 1.165) is 84.0 Å². The molecule has 1 aromatic heterocycles. The summed E-state index contributed by atoms with van der Waals surface area (Å²) in [6.45, 7) is 0. The Morgan fingerprint density at radius 3 is 1.67 bits per heavy atom. The molecule has 0 saturated heterocycles. The van der Waals surface area contributed by atoms with E-state index in [4.69, 9.17) is 15.7 Å². The lowest BCUT2D eigenvalue weighted by atomic mass is 9.85. The third-order valence-corrected chi connectivity index (χ3v) is 10.1. The van der Waals surface area contributed by atoms with Gasteiger partial charge >= 0.3 is 0 Å². The van der Waals surface area contributed by atoms with Crippen molar-refractivity contribution in [2.75, 3.05) is 0 Å². The van der Waals surface area contributed by atoms with Crippen molar-refractivity contribution in [2.45, 2.75) is 6.04 Å². The van der Waals surface area contributed by atoms with Crippen LogP contribution in [0.25, 0.3) is 68.1 Å². The van der Waals surface area contributed by atoms with E-state index in [0.29, 0.717) is 5.82 Å². The highest BCUT2D eigenvalue weighted by Crippen LogP contribution is 2.43. The fourth-order valence-corrected chi connectivity index (χ4v) is 7.39. The molecule has 4 nitrogen and oxygen atoms in total. The summed E-state index contributed by atoms with van der Waals surface area (Å²) in [5.74, 6) is 0.670. The molecule has 3 N–H and O–H groups in total. The molecule has 1 unspecified atom stereocenters. The zero-order valence-corrected chi connectivity index (χ0v) is 30.2. The fraction of sp³-hybridized carbons (Fsp3) is 0.0196. The number of aromatic nitrogens is 2. The first-order valence-corrected chi connectivity index (χ1v) is 18.6. The highest BCUT2D eigenvalue weighted by atomic mass is 14.9. The molecular formula is C51H38N4. The van der Waals surface area contributed by atoms with Gasteiger partial charge in [-0.3, -0.25) is 0 Å². The molecule has 1 aliphatic rings. The number of benzene rings is 7. The lowest BCUT2D eigenvalue weighted by molar-refractivity contribution is 0.928. The van der Waals surface area contributed by atoms with Gasteiger partial charge in [0.1, 0.15) is 0 Å². The van der Waals surface area contributed by atoms with E-state index in [-0.39, 0.29) is 0 Å². The molecule has 55 heavy (non-hydrogen) atoms. The third kappa shape index (κ3) is 6.91. The Morgan fingerprint density at radius 2 is 0.982 bits per heavy atom. The molecule has 1 atom stereocenters. The van der Waals surface area contributed by atoms with Gasteiger partial charge in [0.05, 0.1) is 23.1 Å². The van der Waals surface area contributed by atoms with E-state index >= 15 is 0 Å². The van der Waals surface area contributed by atoms with Crippen LogP contribution in [0.3, 0.4) is 0 Å². The molecule has 9 rings (SSSR count). The van der Waals surface area contributed by atoms with Crippen LogP contribution in [-0.4, -0.2) is 9.97 Å². The molecule has 0 bridgehead atoms. The smallest absolute Gasteiger partial charge is 0.160 e. The Balaban J connectivity index is 1.29. The lowest BCUT2D eigenvalue weighted by Gasteiger charge is -2.29. The van der Waals surface area contributed by atoms with Crippen LogP contribution >= 0.6 is 0 Å². The lowest BCUT2D eigenvalue weighted by Crippen LogP contribution is -2.22. The van der Waals surface area contributed by atoms with Crippen molar-refractivity contribution in [1.29, 1.82) is 0 Å². The molecule has 0 spiro atoms. The predicted molar refractivity (Wildman–Crippen MR) is 228 cm³/mol. The van der Waals surface area contributed by atoms with Crippen LogP contribution in [0, 0.1) is 0 Å². The van der Waals surface area contributed by atoms with Gasteiger partial charge in [0.2, 0.25) is 0 Å². The molecule has 7 aromatic carbocycles. The van der Waals surface area contributed by atoms with Crippen LogP contribution < -0.4 is 11.1 Å². The Labute approximate surface area is 322 Å². The van der Waals surface area contributed by atoms with Gasteiger partial charge in [-0.05, 0) is 51.6 Å². The monoisotopic (exact) mass is 706 g/mol. The second-order valence-electron chi connectivity index (χ2n) is 13.6. The van der Waals surface area contributed by atoms with Crippen LogP contribution in [-0.2, 0) is 0 Å². The summed E-state index contributed by atoms with van der Waals surface area (Å²) >= 11 is 0. The van der Waals surface area contributed by atoms with E-state index in [1.807, 2.05) is 54.6 Å². The van der Waals surface area contributed by atoms with Crippen molar-refractivity contribution in [3.05, 3.63) is 228 Å². The molecule has 0 amide bonds. The zero-order chi connectivity index (χ0) is 37.0. The highest BCUT2D eigenvalue weighted by Gasteiger charge is 2.27. The SMILES string of the molecule is NC(/C(=C1\NC(c2ccccc2)=Cc2c1cccc2-c1cc(-c2cccc(-c3ccccc3)c2)nc(-c2ccccc2)n1)c1ccccc1)c1ccccc1. The van der Waals surface area contributed by atoms with Crippen molar-refractivity contribution in [2.24, 2.45) is 5.73 Å². The molecule has 0 saturated carbocycles.